The number of nitrogens with one attached hydrogen (secondary N) is 1. The first-order chi connectivity index (χ1) is 13.0. The number of carbonyl (C=O) groups is 2. The molecular weight excluding hydrogens is 354 g/mol. The minimum Gasteiger partial charge on any atom is -0.504 e. The zero-order valence-electron chi connectivity index (χ0n) is 14.7. The Bertz CT molecular complexity index is 779. The van der Waals surface area contributed by atoms with Crippen molar-refractivity contribution >= 4 is 12.4 Å². The molecule has 1 amide bonds. The summed E-state index contributed by atoms with van der Waals surface area (Å²) in [5, 5.41) is 32.8. The van der Waals surface area contributed by atoms with Crippen molar-refractivity contribution in [1.29, 1.82) is 0 Å². The molecule has 8 heteroatoms. The van der Waals surface area contributed by atoms with Crippen LogP contribution in [0.25, 0.3) is 0 Å². The first kappa shape index (κ1) is 20.2. The molecule has 0 aliphatic carbocycles. The normalized spacial score (nSPS) is 12.7. The summed E-state index contributed by atoms with van der Waals surface area (Å²) in [7, 11) is 1.29. The standard InChI is InChI=1S/C19H21NO7/c1-26-16-8-13(10-21)7-14(18(16)24)17(23)15(22)9-20-19(25)27-11-12-5-3-2-4-6-12/h2-8,10,15,17,22-24H,9,11H2,1H3,(H,20,25). The fourth-order valence-electron chi connectivity index (χ4n) is 2.38. The van der Waals surface area contributed by atoms with Gasteiger partial charge in [-0.05, 0) is 17.7 Å². The number of aliphatic hydroxyl groups excluding tert-OH is 2. The quantitative estimate of drug-likeness (QED) is 0.516. The molecule has 0 aliphatic heterocycles. The Balaban J connectivity index is 1.94. The molecule has 27 heavy (non-hydrogen) atoms. The minimum absolute atomic E-state index is 0.0175. The van der Waals surface area contributed by atoms with Crippen LogP contribution in [0.15, 0.2) is 42.5 Å². The van der Waals surface area contributed by atoms with Crippen LogP contribution in [0.3, 0.4) is 0 Å². The molecule has 0 saturated carbocycles. The van der Waals surface area contributed by atoms with E-state index in [0.717, 1.165) is 5.56 Å². The third-order valence-corrected chi connectivity index (χ3v) is 3.83. The summed E-state index contributed by atoms with van der Waals surface area (Å²) in [5.74, 6) is -0.419. The second kappa shape index (κ2) is 9.56. The van der Waals surface area contributed by atoms with E-state index >= 15 is 0 Å². The van der Waals surface area contributed by atoms with Crippen molar-refractivity contribution in [2.75, 3.05) is 13.7 Å². The number of amides is 1. The van der Waals surface area contributed by atoms with Crippen LogP contribution in [0.1, 0.15) is 27.6 Å². The van der Waals surface area contributed by atoms with Crippen LogP contribution in [-0.2, 0) is 11.3 Å². The van der Waals surface area contributed by atoms with Gasteiger partial charge in [0.25, 0.3) is 0 Å². The lowest BCUT2D eigenvalue weighted by Gasteiger charge is -2.20. The van der Waals surface area contributed by atoms with Gasteiger partial charge in [-0.15, -0.1) is 0 Å². The first-order valence-corrected chi connectivity index (χ1v) is 8.13. The molecule has 2 aromatic carbocycles. The Morgan fingerprint density at radius 3 is 2.56 bits per heavy atom. The summed E-state index contributed by atoms with van der Waals surface area (Å²) in [6.45, 7) is -0.271. The molecule has 0 heterocycles. The second-order valence-corrected chi connectivity index (χ2v) is 5.73. The van der Waals surface area contributed by atoms with Gasteiger partial charge in [-0.1, -0.05) is 30.3 Å². The van der Waals surface area contributed by atoms with Crippen LogP contribution in [0.4, 0.5) is 4.79 Å². The zero-order valence-corrected chi connectivity index (χ0v) is 14.7. The molecule has 2 atom stereocenters. The highest BCUT2D eigenvalue weighted by atomic mass is 16.5. The number of aldehydes is 1. The van der Waals surface area contributed by atoms with Gasteiger partial charge in [-0.25, -0.2) is 4.79 Å². The van der Waals surface area contributed by atoms with Gasteiger partial charge in [-0.2, -0.15) is 0 Å². The molecule has 0 aromatic heterocycles. The van der Waals surface area contributed by atoms with E-state index in [0.29, 0.717) is 6.29 Å². The molecule has 2 unspecified atom stereocenters. The number of carbonyl (C=O) groups excluding carboxylic acids is 2. The highest BCUT2D eigenvalue weighted by Gasteiger charge is 2.24. The van der Waals surface area contributed by atoms with E-state index in [2.05, 4.69) is 5.32 Å². The van der Waals surface area contributed by atoms with Gasteiger partial charge in [0.1, 0.15) is 25.1 Å². The first-order valence-electron chi connectivity index (χ1n) is 8.13. The molecule has 0 fully saturated rings. The fourth-order valence-corrected chi connectivity index (χ4v) is 2.38. The summed E-state index contributed by atoms with van der Waals surface area (Å²) < 4.78 is 9.94. The monoisotopic (exact) mass is 375 g/mol. The predicted octanol–water partition coefficient (Wildman–Crippen LogP) is 1.53. The highest BCUT2D eigenvalue weighted by molar-refractivity contribution is 5.77. The lowest BCUT2D eigenvalue weighted by atomic mass is 10.00. The SMILES string of the molecule is COc1cc(C=O)cc(C(O)C(O)CNC(=O)OCc2ccccc2)c1O. The van der Waals surface area contributed by atoms with E-state index in [4.69, 9.17) is 9.47 Å². The molecule has 0 saturated heterocycles. The molecular formula is C19H21NO7. The van der Waals surface area contributed by atoms with Crippen molar-refractivity contribution in [2.45, 2.75) is 18.8 Å². The van der Waals surface area contributed by atoms with Crippen molar-refractivity contribution in [3.63, 3.8) is 0 Å². The maximum absolute atomic E-state index is 11.7. The highest BCUT2D eigenvalue weighted by Crippen LogP contribution is 2.35. The topological polar surface area (TPSA) is 125 Å². The van der Waals surface area contributed by atoms with Gasteiger partial charge in [-0.3, -0.25) is 4.79 Å². The number of hydrogen-bond donors (Lipinski definition) is 4. The summed E-state index contributed by atoms with van der Waals surface area (Å²) in [6, 6.07) is 11.6. The van der Waals surface area contributed by atoms with E-state index in [9.17, 15) is 24.9 Å². The summed E-state index contributed by atoms with van der Waals surface area (Å²) in [5.41, 5.74) is 0.862. The Hall–Kier alpha value is -3.10. The number of rotatable bonds is 8. The van der Waals surface area contributed by atoms with Crippen molar-refractivity contribution in [3.05, 3.63) is 59.2 Å². The number of methoxy groups -OCH3 is 1. The molecule has 2 rings (SSSR count). The minimum atomic E-state index is -1.56. The third-order valence-electron chi connectivity index (χ3n) is 3.83. The number of hydrogen-bond acceptors (Lipinski definition) is 7. The molecule has 0 radical (unpaired) electrons. The molecule has 0 bridgehead atoms. The summed E-state index contributed by atoms with van der Waals surface area (Å²) >= 11 is 0. The van der Waals surface area contributed by atoms with Crippen molar-refractivity contribution in [2.24, 2.45) is 0 Å². The number of phenols is 1. The number of aliphatic hydroxyl groups is 2. The number of aromatic hydroxyl groups is 1. The number of alkyl carbamates (subject to hydrolysis) is 1. The van der Waals surface area contributed by atoms with Gasteiger partial charge in [0, 0.05) is 17.7 Å². The lowest BCUT2D eigenvalue weighted by Crippen LogP contribution is -2.35. The van der Waals surface area contributed by atoms with Crippen molar-refractivity contribution in [3.8, 4) is 11.5 Å². The Morgan fingerprint density at radius 2 is 1.93 bits per heavy atom. The lowest BCUT2D eigenvalue weighted by molar-refractivity contribution is 0.0169. The van der Waals surface area contributed by atoms with Crippen LogP contribution in [0.5, 0.6) is 11.5 Å². The molecule has 2 aromatic rings. The van der Waals surface area contributed by atoms with Crippen LogP contribution in [0, 0.1) is 0 Å². The number of phenolic OH excluding ortho intramolecular Hbond substituents is 1. The van der Waals surface area contributed by atoms with E-state index in [1.807, 2.05) is 18.2 Å². The predicted molar refractivity (Wildman–Crippen MR) is 95.6 cm³/mol. The molecule has 8 nitrogen and oxygen atoms in total. The van der Waals surface area contributed by atoms with Gasteiger partial charge < -0.3 is 30.1 Å². The molecule has 0 aliphatic rings. The summed E-state index contributed by atoms with van der Waals surface area (Å²) in [4.78, 5) is 22.7. The molecule has 0 spiro atoms. The van der Waals surface area contributed by atoms with Crippen molar-refractivity contribution in [1.82, 2.24) is 5.32 Å². The number of benzene rings is 2. The van der Waals surface area contributed by atoms with E-state index in [1.54, 1.807) is 12.1 Å². The zero-order chi connectivity index (χ0) is 19.8. The largest absolute Gasteiger partial charge is 0.504 e. The fraction of sp³-hybridized carbons (Fsp3) is 0.263. The van der Waals surface area contributed by atoms with Gasteiger partial charge in [0.15, 0.2) is 11.5 Å². The Morgan fingerprint density at radius 1 is 1.22 bits per heavy atom. The maximum Gasteiger partial charge on any atom is 0.407 e. The second-order valence-electron chi connectivity index (χ2n) is 5.73. The van der Waals surface area contributed by atoms with Crippen LogP contribution in [-0.4, -0.2) is 47.5 Å². The van der Waals surface area contributed by atoms with Gasteiger partial charge >= 0.3 is 6.09 Å². The maximum atomic E-state index is 11.7. The van der Waals surface area contributed by atoms with Crippen molar-refractivity contribution < 1.29 is 34.4 Å². The summed E-state index contributed by atoms with van der Waals surface area (Å²) in [6.07, 6.45) is -3.27. The van der Waals surface area contributed by atoms with Crippen LogP contribution >= 0.6 is 0 Å². The Kier molecular flexibility index (Phi) is 7.16. The average molecular weight is 375 g/mol. The third kappa shape index (κ3) is 5.44. The van der Waals surface area contributed by atoms with E-state index in [1.165, 1.54) is 19.2 Å². The molecule has 144 valence electrons. The average Bonchev–Trinajstić information content (AvgIpc) is 2.70. The molecule has 4 N–H and O–H groups in total. The van der Waals surface area contributed by atoms with E-state index < -0.39 is 24.1 Å². The van der Waals surface area contributed by atoms with E-state index in [-0.39, 0.29) is 30.0 Å². The Labute approximate surface area is 156 Å². The van der Waals surface area contributed by atoms with Gasteiger partial charge in [0.2, 0.25) is 0 Å². The number of ether oxygens (including phenoxy) is 2. The van der Waals surface area contributed by atoms with Crippen LogP contribution in [0.2, 0.25) is 0 Å². The smallest absolute Gasteiger partial charge is 0.407 e. The van der Waals surface area contributed by atoms with Crippen LogP contribution < -0.4 is 10.1 Å². The van der Waals surface area contributed by atoms with Gasteiger partial charge in [0.05, 0.1) is 7.11 Å².